The summed E-state index contributed by atoms with van der Waals surface area (Å²) in [7, 11) is 3.42. The van der Waals surface area contributed by atoms with Crippen LogP contribution in [-0.2, 0) is 4.79 Å². The summed E-state index contributed by atoms with van der Waals surface area (Å²) in [5, 5.41) is 0.521. The van der Waals surface area contributed by atoms with Gasteiger partial charge in [0, 0.05) is 43.2 Å². The Morgan fingerprint density at radius 1 is 1.18 bits per heavy atom. The maximum absolute atomic E-state index is 13.0. The van der Waals surface area contributed by atoms with Crippen LogP contribution in [0.2, 0.25) is 5.02 Å². The summed E-state index contributed by atoms with van der Waals surface area (Å²) in [5.74, 6) is 0.314. The molecule has 0 N–H and O–H groups in total. The molecule has 148 valence electrons. The van der Waals surface area contributed by atoms with Crippen molar-refractivity contribution in [3.63, 3.8) is 0 Å². The van der Waals surface area contributed by atoms with Crippen LogP contribution in [0.25, 0.3) is 0 Å². The molecule has 28 heavy (non-hydrogen) atoms. The van der Waals surface area contributed by atoms with Gasteiger partial charge in [-0.05, 0) is 42.8 Å². The third kappa shape index (κ3) is 4.14. The molecule has 2 aromatic carbocycles. The first kappa shape index (κ1) is 20.2. The normalized spacial score (nSPS) is 18.8. The first-order valence-electron chi connectivity index (χ1n) is 9.38. The maximum Gasteiger partial charge on any atom is 0.253 e. The Kier molecular flexibility index (Phi) is 6.25. The predicted molar refractivity (Wildman–Crippen MR) is 110 cm³/mol. The number of carbonyl (C=O) groups is 2. The Labute approximate surface area is 170 Å². The summed E-state index contributed by atoms with van der Waals surface area (Å²) in [6.07, 6.45) is 0. The Morgan fingerprint density at radius 3 is 2.61 bits per heavy atom. The highest BCUT2D eigenvalue weighted by molar-refractivity contribution is 6.30. The number of rotatable bonds is 5. The number of hydrogen-bond donors (Lipinski definition) is 0. The molecular formula is C22H25ClN2O3. The van der Waals surface area contributed by atoms with Crippen molar-refractivity contribution in [1.29, 1.82) is 0 Å². The molecule has 6 heteroatoms. The molecule has 0 aliphatic carbocycles. The number of hydrogen-bond acceptors (Lipinski definition) is 3. The summed E-state index contributed by atoms with van der Waals surface area (Å²) >= 11 is 6.05. The van der Waals surface area contributed by atoms with E-state index < -0.39 is 0 Å². The van der Waals surface area contributed by atoms with Crippen molar-refractivity contribution < 1.29 is 14.3 Å². The van der Waals surface area contributed by atoms with Crippen LogP contribution in [0.4, 0.5) is 0 Å². The topological polar surface area (TPSA) is 49.9 Å². The molecule has 2 unspecified atom stereocenters. The molecule has 1 heterocycles. The second-order valence-electron chi connectivity index (χ2n) is 7.06. The molecule has 0 aromatic heterocycles. The fourth-order valence-corrected chi connectivity index (χ4v) is 3.86. The number of nitrogens with zero attached hydrogens (tertiary/aromatic N) is 2. The van der Waals surface area contributed by atoms with E-state index in [2.05, 4.69) is 0 Å². The van der Waals surface area contributed by atoms with Gasteiger partial charge in [-0.3, -0.25) is 9.59 Å². The van der Waals surface area contributed by atoms with E-state index in [0.717, 1.165) is 11.3 Å². The molecule has 1 aliphatic heterocycles. The summed E-state index contributed by atoms with van der Waals surface area (Å²) < 4.78 is 5.35. The van der Waals surface area contributed by atoms with E-state index in [9.17, 15) is 9.59 Å². The zero-order valence-corrected chi connectivity index (χ0v) is 17.1. The maximum atomic E-state index is 13.0. The van der Waals surface area contributed by atoms with Crippen LogP contribution in [0.1, 0.15) is 28.8 Å². The zero-order chi connectivity index (χ0) is 20.3. The van der Waals surface area contributed by atoms with Crippen molar-refractivity contribution in [2.45, 2.75) is 12.8 Å². The van der Waals surface area contributed by atoms with E-state index in [-0.39, 0.29) is 23.7 Å². The van der Waals surface area contributed by atoms with E-state index in [1.807, 2.05) is 31.2 Å². The van der Waals surface area contributed by atoms with E-state index in [1.54, 1.807) is 48.2 Å². The fourth-order valence-electron chi connectivity index (χ4n) is 3.67. The minimum atomic E-state index is -0.291. The average molecular weight is 401 g/mol. The van der Waals surface area contributed by atoms with E-state index >= 15 is 0 Å². The van der Waals surface area contributed by atoms with Gasteiger partial charge in [-0.25, -0.2) is 0 Å². The summed E-state index contributed by atoms with van der Waals surface area (Å²) in [4.78, 5) is 29.5. The Morgan fingerprint density at radius 2 is 1.93 bits per heavy atom. The number of amides is 2. The standard InChI is InChI=1S/C22H25ClN2O3/c1-4-24(2)22(27)20-14-25(21(26)16-8-5-9-17(23)11-16)13-19(20)15-7-6-10-18(12-15)28-3/h5-12,19-20H,4,13-14H2,1-3H3. The molecule has 5 nitrogen and oxygen atoms in total. The molecule has 3 rings (SSSR count). The van der Waals surface area contributed by atoms with Gasteiger partial charge in [0.1, 0.15) is 5.75 Å². The first-order valence-corrected chi connectivity index (χ1v) is 9.76. The fraction of sp³-hybridized carbons (Fsp3) is 0.364. The second kappa shape index (κ2) is 8.65. The molecule has 0 spiro atoms. The van der Waals surface area contributed by atoms with Gasteiger partial charge in [-0.15, -0.1) is 0 Å². The molecule has 1 fully saturated rings. The summed E-state index contributed by atoms with van der Waals surface area (Å²) in [5.41, 5.74) is 1.54. The van der Waals surface area contributed by atoms with Crippen molar-refractivity contribution in [2.24, 2.45) is 5.92 Å². The molecule has 0 radical (unpaired) electrons. The lowest BCUT2D eigenvalue weighted by Crippen LogP contribution is -2.36. The molecular weight excluding hydrogens is 376 g/mol. The predicted octanol–water partition coefficient (Wildman–Crippen LogP) is 3.68. The van der Waals surface area contributed by atoms with Crippen LogP contribution in [0, 0.1) is 5.92 Å². The van der Waals surface area contributed by atoms with Crippen LogP contribution < -0.4 is 4.74 Å². The number of ether oxygens (including phenoxy) is 1. The molecule has 0 saturated carbocycles. The van der Waals surface area contributed by atoms with Crippen molar-refractivity contribution in [3.8, 4) is 5.75 Å². The van der Waals surface area contributed by atoms with Crippen molar-refractivity contribution in [2.75, 3.05) is 33.8 Å². The van der Waals surface area contributed by atoms with E-state index in [4.69, 9.17) is 16.3 Å². The largest absolute Gasteiger partial charge is 0.497 e. The van der Waals surface area contributed by atoms with Gasteiger partial charge >= 0.3 is 0 Å². The highest BCUT2D eigenvalue weighted by atomic mass is 35.5. The van der Waals surface area contributed by atoms with Crippen molar-refractivity contribution in [1.82, 2.24) is 9.80 Å². The minimum Gasteiger partial charge on any atom is -0.497 e. The SMILES string of the molecule is CCN(C)C(=O)C1CN(C(=O)c2cccc(Cl)c2)CC1c1cccc(OC)c1. The van der Waals surface area contributed by atoms with E-state index in [1.165, 1.54) is 0 Å². The summed E-state index contributed by atoms with van der Waals surface area (Å²) in [6.45, 7) is 3.44. The van der Waals surface area contributed by atoms with Gasteiger partial charge in [-0.1, -0.05) is 29.8 Å². The van der Waals surface area contributed by atoms with Crippen LogP contribution in [-0.4, -0.2) is 55.4 Å². The number of benzene rings is 2. The molecule has 2 aromatic rings. The van der Waals surface area contributed by atoms with Crippen LogP contribution in [0.15, 0.2) is 48.5 Å². The van der Waals surface area contributed by atoms with E-state index in [0.29, 0.717) is 30.2 Å². The van der Waals surface area contributed by atoms with Crippen molar-refractivity contribution >= 4 is 23.4 Å². The monoisotopic (exact) mass is 400 g/mol. The van der Waals surface area contributed by atoms with Crippen LogP contribution >= 0.6 is 11.6 Å². The van der Waals surface area contributed by atoms with Gasteiger partial charge in [0.25, 0.3) is 5.91 Å². The lowest BCUT2D eigenvalue weighted by Gasteiger charge is -2.23. The zero-order valence-electron chi connectivity index (χ0n) is 16.4. The number of methoxy groups -OCH3 is 1. The Balaban J connectivity index is 1.91. The van der Waals surface area contributed by atoms with Gasteiger partial charge < -0.3 is 14.5 Å². The highest BCUT2D eigenvalue weighted by Gasteiger charge is 2.41. The molecule has 1 saturated heterocycles. The number of likely N-dealkylation sites (tertiary alicyclic amines) is 1. The van der Waals surface area contributed by atoms with Crippen LogP contribution in [0.3, 0.4) is 0 Å². The molecule has 1 aliphatic rings. The van der Waals surface area contributed by atoms with Gasteiger partial charge in [0.05, 0.1) is 13.0 Å². The summed E-state index contributed by atoms with van der Waals surface area (Å²) in [6, 6.07) is 14.7. The Hall–Kier alpha value is -2.53. The average Bonchev–Trinajstić information content (AvgIpc) is 3.17. The highest BCUT2D eigenvalue weighted by Crippen LogP contribution is 2.36. The third-order valence-corrected chi connectivity index (χ3v) is 5.60. The second-order valence-corrected chi connectivity index (χ2v) is 7.50. The van der Waals surface area contributed by atoms with Crippen molar-refractivity contribution in [3.05, 3.63) is 64.7 Å². The third-order valence-electron chi connectivity index (χ3n) is 5.37. The molecule has 2 amide bonds. The number of halogens is 1. The molecule has 0 bridgehead atoms. The number of carbonyl (C=O) groups excluding carboxylic acids is 2. The van der Waals surface area contributed by atoms with Gasteiger partial charge in [0.15, 0.2) is 0 Å². The Bertz CT molecular complexity index is 870. The van der Waals surface area contributed by atoms with Gasteiger partial charge in [-0.2, -0.15) is 0 Å². The smallest absolute Gasteiger partial charge is 0.253 e. The molecule has 2 atom stereocenters. The van der Waals surface area contributed by atoms with Crippen LogP contribution in [0.5, 0.6) is 5.75 Å². The first-order chi connectivity index (χ1) is 13.4. The minimum absolute atomic E-state index is 0.0525. The lowest BCUT2D eigenvalue weighted by molar-refractivity contribution is -0.133. The lowest BCUT2D eigenvalue weighted by atomic mass is 9.88. The van der Waals surface area contributed by atoms with Gasteiger partial charge in [0.2, 0.25) is 5.91 Å². The quantitative estimate of drug-likeness (QED) is 0.769.